The van der Waals surface area contributed by atoms with E-state index in [9.17, 15) is 18.3 Å². The molecule has 0 amide bonds. The summed E-state index contributed by atoms with van der Waals surface area (Å²) in [6.07, 6.45) is 3.01. The van der Waals surface area contributed by atoms with E-state index in [2.05, 4.69) is 36.7 Å². The van der Waals surface area contributed by atoms with Gasteiger partial charge < -0.3 is 24.7 Å². The topological polar surface area (TPSA) is 129 Å². The number of anilines is 2. The Hall–Kier alpha value is -3.52. The Morgan fingerprint density at radius 1 is 1.00 bits per heavy atom. The number of fused-ring (bicyclic) bond motifs is 1. The van der Waals surface area contributed by atoms with Gasteiger partial charge in [-0.25, -0.2) is 14.8 Å². The Bertz CT molecular complexity index is 1340. The van der Waals surface area contributed by atoms with Crippen LogP contribution >= 0.6 is 0 Å². The van der Waals surface area contributed by atoms with E-state index >= 15 is 0 Å². The van der Waals surface area contributed by atoms with Gasteiger partial charge in [0.05, 0.1) is 12.2 Å². The summed E-state index contributed by atoms with van der Waals surface area (Å²) in [5, 5.41) is 25.8. The number of ether oxygens (including phenoxy) is 1. The number of carboxylic acids is 1. The predicted molar refractivity (Wildman–Crippen MR) is 143 cm³/mol. The highest BCUT2D eigenvalue weighted by molar-refractivity contribution is 5.73. The van der Waals surface area contributed by atoms with E-state index in [0.717, 1.165) is 80.8 Å². The van der Waals surface area contributed by atoms with E-state index in [1.54, 1.807) is 7.11 Å². The Kier molecular flexibility index (Phi) is 8.32. The number of aliphatic hydroxyl groups excluding tert-OH is 1. The number of halogens is 3. The lowest BCUT2D eigenvalue weighted by Gasteiger charge is -2.40. The number of rotatable bonds is 6. The van der Waals surface area contributed by atoms with Crippen LogP contribution in [0.2, 0.25) is 0 Å². The first-order valence-electron chi connectivity index (χ1n) is 13.8. The SMILES string of the molecule is COC1(CO)CCN(c2cc(N3CCC(c4nnc5ccccn45)CC3)nc(C3CC3)n2)CC1.O=C(O)C(F)(F)F. The van der Waals surface area contributed by atoms with Crippen LogP contribution in [0.5, 0.6) is 0 Å². The van der Waals surface area contributed by atoms with Gasteiger partial charge in [-0.1, -0.05) is 6.07 Å². The van der Waals surface area contributed by atoms with E-state index in [4.69, 9.17) is 24.6 Å². The van der Waals surface area contributed by atoms with Crippen LogP contribution in [-0.2, 0) is 9.53 Å². The van der Waals surface area contributed by atoms with Crippen molar-refractivity contribution in [3.8, 4) is 0 Å². The maximum atomic E-state index is 10.6. The number of carbonyl (C=O) groups is 1. The summed E-state index contributed by atoms with van der Waals surface area (Å²) in [6, 6.07) is 8.21. The number of piperidine rings is 2. The first-order chi connectivity index (χ1) is 19.6. The number of carboxylic acid groups (broad SMARTS) is 1. The summed E-state index contributed by atoms with van der Waals surface area (Å²) in [4.78, 5) is 23.6. The molecule has 3 aromatic heterocycles. The molecular weight excluding hydrogens is 543 g/mol. The molecule has 3 aliphatic rings. The maximum Gasteiger partial charge on any atom is 0.490 e. The zero-order chi connectivity index (χ0) is 29.2. The summed E-state index contributed by atoms with van der Waals surface area (Å²) < 4.78 is 39.5. The van der Waals surface area contributed by atoms with Gasteiger partial charge in [-0.3, -0.25) is 4.40 Å². The molecule has 3 aromatic rings. The second kappa shape index (κ2) is 11.8. The van der Waals surface area contributed by atoms with Crippen LogP contribution in [0, 0.1) is 0 Å². The Morgan fingerprint density at radius 3 is 2.15 bits per heavy atom. The first-order valence-corrected chi connectivity index (χ1v) is 13.8. The molecule has 5 heterocycles. The minimum atomic E-state index is -5.08. The molecule has 1 saturated carbocycles. The average molecular weight is 578 g/mol. The fourth-order valence-corrected chi connectivity index (χ4v) is 5.36. The molecule has 11 nitrogen and oxygen atoms in total. The summed E-state index contributed by atoms with van der Waals surface area (Å²) in [6.45, 7) is 3.62. The highest BCUT2D eigenvalue weighted by Crippen LogP contribution is 2.40. The molecule has 0 aromatic carbocycles. The molecule has 1 aliphatic carbocycles. The van der Waals surface area contributed by atoms with E-state index in [-0.39, 0.29) is 6.61 Å². The Morgan fingerprint density at radius 2 is 1.61 bits per heavy atom. The van der Waals surface area contributed by atoms with E-state index < -0.39 is 17.7 Å². The van der Waals surface area contributed by atoms with Crippen LogP contribution in [0.1, 0.15) is 62.0 Å². The number of aliphatic hydroxyl groups is 1. The van der Waals surface area contributed by atoms with Gasteiger partial charge in [-0.05, 0) is 50.7 Å². The predicted octanol–water partition coefficient (Wildman–Crippen LogP) is 3.39. The number of hydrogen-bond donors (Lipinski definition) is 2. The molecule has 222 valence electrons. The molecule has 0 spiro atoms. The highest BCUT2D eigenvalue weighted by atomic mass is 19.4. The average Bonchev–Trinajstić information content (AvgIpc) is 3.76. The third-order valence-corrected chi connectivity index (χ3v) is 8.15. The van der Waals surface area contributed by atoms with Gasteiger partial charge in [-0.15, -0.1) is 10.2 Å². The van der Waals surface area contributed by atoms with Gasteiger partial charge in [0.2, 0.25) is 0 Å². The molecule has 2 N–H and O–H groups in total. The van der Waals surface area contributed by atoms with E-state index in [0.29, 0.717) is 11.8 Å². The lowest BCUT2D eigenvalue weighted by molar-refractivity contribution is -0.192. The smallest absolute Gasteiger partial charge is 0.475 e. The molecule has 0 atom stereocenters. The van der Waals surface area contributed by atoms with Crippen LogP contribution in [0.25, 0.3) is 5.65 Å². The van der Waals surface area contributed by atoms with Crippen molar-refractivity contribution in [1.29, 1.82) is 0 Å². The van der Waals surface area contributed by atoms with Crippen LogP contribution in [0.4, 0.5) is 24.8 Å². The van der Waals surface area contributed by atoms with Gasteiger partial charge in [0, 0.05) is 57.4 Å². The van der Waals surface area contributed by atoms with Crippen LogP contribution in [0.15, 0.2) is 30.5 Å². The zero-order valence-corrected chi connectivity index (χ0v) is 22.8. The zero-order valence-electron chi connectivity index (χ0n) is 22.8. The molecule has 0 bridgehead atoms. The summed E-state index contributed by atoms with van der Waals surface area (Å²) in [5.74, 6) is 2.26. The minimum absolute atomic E-state index is 0.0654. The van der Waals surface area contributed by atoms with E-state index in [1.165, 1.54) is 12.8 Å². The van der Waals surface area contributed by atoms with Gasteiger partial charge in [-0.2, -0.15) is 13.2 Å². The molecule has 3 fully saturated rings. The second-order valence-corrected chi connectivity index (χ2v) is 10.8. The third-order valence-electron chi connectivity index (χ3n) is 8.15. The number of aromatic nitrogens is 5. The van der Waals surface area contributed by atoms with Crippen molar-refractivity contribution >= 4 is 23.3 Å². The molecule has 41 heavy (non-hydrogen) atoms. The fourth-order valence-electron chi connectivity index (χ4n) is 5.36. The van der Waals surface area contributed by atoms with Gasteiger partial charge in [0.25, 0.3) is 0 Å². The summed E-state index contributed by atoms with van der Waals surface area (Å²) in [5.41, 5.74) is 0.495. The van der Waals surface area contributed by atoms with Crippen molar-refractivity contribution in [2.75, 3.05) is 49.7 Å². The standard InChI is InChI=1S/C25H33N7O2.C2HF3O2/c1-34-25(17-33)9-14-31(15-10-25)22-16-21(26-23(27-22)18-5-6-18)30-12-7-19(8-13-30)24-29-28-20-4-2-3-11-32(20)24;3-2(4,5)1(6)7/h2-4,11,16,18-19,33H,5-10,12-15,17H2,1H3;(H,6,7). The number of aliphatic carboxylic acids is 1. The van der Waals surface area contributed by atoms with Crippen molar-refractivity contribution in [2.24, 2.45) is 0 Å². The molecule has 6 rings (SSSR count). The highest BCUT2D eigenvalue weighted by Gasteiger charge is 2.38. The molecule has 0 unspecified atom stereocenters. The number of alkyl halides is 3. The second-order valence-electron chi connectivity index (χ2n) is 10.8. The molecule has 14 heteroatoms. The molecular formula is C27H34F3N7O4. The molecule has 2 aliphatic heterocycles. The van der Waals surface area contributed by atoms with E-state index in [1.807, 2.05) is 18.2 Å². The van der Waals surface area contributed by atoms with Gasteiger partial charge in [0.15, 0.2) is 5.65 Å². The lowest BCUT2D eigenvalue weighted by Crippen LogP contribution is -2.48. The third kappa shape index (κ3) is 6.53. The van der Waals surface area contributed by atoms with Crippen molar-refractivity contribution in [3.05, 3.63) is 42.1 Å². The lowest BCUT2D eigenvalue weighted by atomic mass is 9.92. The Balaban J connectivity index is 0.000000431. The normalized spacial score (nSPS) is 19.6. The van der Waals surface area contributed by atoms with Crippen LogP contribution in [-0.4, -0.2) is 92.4 Å². The minimum Gasteiger partial charge on any atom is -0.475 e. The van der Waals surface area contributed by atoms with Crippen molar-refractivity contribution in [1.82, 2.24) is 24.6 Å². The summed E-state index contributed by atoms with van der Waals surface area (Å²) >= 11 is 0. The van der Waals surface area contributed by atoms with Crippen LogP contribution < -0.4 is 9.80 Å². The van der Waals surface area contributed by atoms with Crippen molar-refractivity contribution in [2.45, 2.75) is 62.1 Å². The fraction of sp³-hybridized carbons (Fsp3) is 0.593. The quantitative estimate of drug-likeness (QED) is 0.450. The number of methoxy groups -OCH3 is 1. The number of nitrogens with zero attached hydrogens (tertiary/aromatic N) is 7. The molecule has 0 radical (unpaired) electrons. The van der Waals surface area contributed by atoms with Gasteiger partial charge >= 0.3 is 12.1 Å². The number of pyridine rings is 1. The number of hydrogen-bond acceptors (Lipinski definition) is 9. The molecule has 2 saturated heterocycles. The largest absolute Gasteiger partial charge is 0.490 e. The van der Waals surface area contributed by atoms with Crippen molar-refractivity contribution < 1.29 is 32.9 Å². The van der Waals surface area contributed by atoms with Gasteiger partial charge in [0.1, 0.15) is 23.3 Å². The van der Waals surface area contributed by atoms with Crippen molar-refractivity contribution in [3.63, 3.8) is 0 Å². The Labute approximate surface area is 235 Å². The first kappa shape index (κ1) is 29.0. The van der Waals surface area contributed by atoms with Crippen LogP contribution in [0.3, 0.4) is 0 Å². The monoisotopic (exact) mass is 577 g/mol. The summed E-state index contributed by atoms with van der Waals surface area (Å²) in [7, 11) is 1.70. The maximum absolute atomic E-state index is 10.6.